The molecule has 1 heterocycles. The fourth-order valence-corrected chi connectivity index (χ4v) is 2.05. The second-order valence-electron chi connectivity index (χ2n) is 4.51. The second kappa shape index (κ2) is 10.4. The van der Waals surface area contributed by atoms with Gasteiger partial charge in [-0.3, -0.25) is 0 Å². The molecule has 0 radical (unpaired) electrons. The van der Waals surface area contributed by atoms with Gasteiger partial charge in [-0.05, 0) is 24.6 Å². The summed E-state index contributed by atoms with van der Waals surface area (Å²) < 4.78 is 0. The SMILES string of the molecule is CC[N-]CCNc1cc(CC)c(-c2ccccc2)nn1.[K+]. The van der Waals surface area contributed by atoms with Crippen LogP contribution in [0.5, 0.6) is 0 Å². The van der Waals surface area contributed by atoms with Gasteiger partial charge in [-0.15, -0.1) is 16.7 Å². The number of nitrogens with zero attached hydrogens (tertiary/aromatic N) is 3. The predicted molar refractivity (Wildman–Crippen MR) is 84.1 cm³/mol. The van der Waals surface area contributed by atoms with Crippen LogP contribution >= 0.6 is 0 Å². The zero-order chi connectivity index (χ0) is 14.2. The van der Waals surface area contributed by atoms with Crippen molar-refractivity contribution >= 4 is 5.82 Å². The summed E-state index contributed by atoms with van der Waals surface area (Å²) in [7, 11) is 0. The Bertz CT molecular complexity index is 531. The van der Waals surface area contributed by atoms with Crippen molar-refractivity contribution in [3.05, 3.63) is 47.3 Å². The van der Waals surface area contributed by atoms with Crippen molar-refractivity contribution in [1.29, 1.82) is 0 Å². The second-order valence-corrected chi connectivity index (χ2v) is 4.51. The van der Waals surface area contributed by atoms with Crippen LogP contribution in [0, 0.1) is 0 Å². The van der Waals surface area contributed by atoms with Gasteiger partial charge in [0.1, 0.15) is 5.82 Å². The average molecular weight is 308 g/mol. The largest absolute Gasteiger partial charge is 1.00 e. The molecule has 0 atom stereocenters. The number of likely N-dealkylation sites (N-methyl/N-ethyl adjacent to an activating group) is 1. The fraction of sp³-hybridized carbons (Fsp3) is 0.375. The number of rotatable bonds is 7. The van der Waals surface area contributed by atoms with Crippen LogP contribution in [-0.2, 0) is 6.42 Å². The number of hydrogen-bond acceptors (Lipinski definition) is 3. The molecule has 0 saturated heterocycles. The topological polar surface area (TPSA) is 51.9 Å². The van der Waals surface area contributed by atoms with Crippen molar-refractivity contribution in [3.63, 3.8) is 0 Å². The number of benzene rings is 1. The first-order valence-electron chi connectivity index (χ1n) is 7.14. The molecule has 106 valence electrons. The number of aromatic nitrogens is 2. The third-order valence-electron chi connectivity index (χ3n) is 3.10. The molecule has 1 aromatic heterocycles. The van der Waals surface area contributed by atoms with Crippen molar-refractivity contribution in [2.75, 3.05) is 25.0 Å². The van der Waals surface area contributed by atoms with E-state index in [1.807, 2.05) is 25.1 Å². The molecule has 0 fully saturated rings. The number of anilines is 1. The summed E-state index contributed by atoms with van der Waals surface area (Å²) in [6, 6.07) is 12.3. The molecule has 5 heteroatoms. The molecule has 0 spiro atoms. The monoisotopic (exact) mass is 308 g/mol. The zero-order valence-corrected chi connectivity index (χ0v) is 16.3. The van der Waals surface area contributed by atoms with Crippen LogP contribution in [0.25, 0.3) is 16.6 Å². The van der Waals surface area contributed by atoms with E-state index in [0.29, 0.717) is 0 Å². The molecule has 0 aliphatic carbocycles. The first-order valence-corrected chi connectivity index (χ1v) is 7.14. The number of nitrogens with one attached hydrogen (secondary N) is 1. The molecule has 2 aromatic rings. The van der Waals surface area contributed by atoms with E-state index in [1.54, 1.807) is 0 Å². The molecule has 1 aromatic carbocycles. The molecule has 0 aliphatic rings. The van der Waals surface area contributed by atoms with Crippen LogP contribution < -0.4 is 56.7 Å². The van der Waals surface area contributed by atoms with Crippen molar-refractivity contribution in [3.8, 4) is 11.3 Å². The Balaban J connectivity index is 0.00000220. The van der Waals surface area contributed by atoms with Crippen LogP contribution in [0.4, 0.5) is 5.82 Å². The molecule has 0 bridgehead atoms. The van der Waals surface area contributed by atoms with Crippen LogP contribution in [0.2, 0.25) is 0 Å². The smallest absolute Gasteiger partial charge is 0.661 e. The van der Waals surface area contributed by atoms with Gasteiger partial charge in [0.2, 0.25) is 0 Å². The molecule has 0 saturated carbocycles. The fourth-order valence-electron chi connectivity index (χ4n) is 2.05. The molecule has 0 aliphatic heterocycles. The van der Waals surface area contributed by atoms with E-state index >= 15 is 0 Å². The van der Waals surface area contributed by atoms with E-state index in [2.05, 4.69) is 46.0 Å². The van der Waals surface area contributed by atoms with Crippen LogP contribution in [-0.4, -0.2) is 29.8 Å². The molecular weight excluding hydrogens is 287 g/mol. The third kappa shape index (κ3) is 5.77. The van der Waals surface area contributed by atoms with Crippen molar-refractivity contribution in [1.82, 2.24) is 10.2 Å². The van der Waals surface area contributed by atoms with Crippen molar-refractivity contribution in [2.24, 2.45) is 0 Å². The van der Waals surface area contributed by atoms with E-state index in [1.165, 1.54) is 5.56 Å². The molecule has 0 amide bonds. The Kier molecular flexibility index (Phi) is 9.31. The average Bonchev–Trinajstić information content (AvgIpc) is 2.52. The molecule has 21 heavy (non-hydrogen) atoms. The Morgan fingerprint density at radius 2 is 1.86 bits per heavy atom. The maximum Gasteiger partial charge on any atom is 1.00 e. The van der Waals surface area contributed by atoms with Crippen LogP contribution in [0.15, 0.2) is 36.4 Å². The van der Waals surface area contributed by atoms with E-state index in [9.17, 15) is 0 Å². The number of hydrogen-bond donors (Lipinski definition) is 1. The van der Waals surface area contributed by atoms with Gasteiger partial charge >= 0.3 is 51.4 Å². The summed E-state index contributed by atoms with van der Waals surface area (Å²) in [6.45, 7) is 6.65. The van der Waals surface area contributed by atoms with Gasteiger partial charge in [-0.25, -0.2) is 0 Å². The Labute approximate surface area is 169 Å². The summed E-state index contributed by atoms with van der Waals surface area (Å²) in [5, 5.41) is 16.2. The molecular formula is C16H21KN4. The van der Waals surface area contributed by atoms with Crippen molar-refractivity contribution in [2.45, 2.75) is 20.3 Å². The summed E-state index contributed by atoms with van der Waals surface area (Å²) in [6.07, 6.45) is 0.938. The maximum atomic E-state index is 4.38. The Morgan fingerprint density at radius 3 is 2.52 bits per heavy atom. The molecule has 4 nitrogen and oxygen atoms in total. The summed E-state index contributed by atoms with van der Waals surface area (Å²) in [5.41, 5.74) is 3.29. The molecule has 1 N–H and O–H groups in total. The first kappa shape index (κ1) is 18.7. The van der Waals surface area contributed by atoms with Crippen LogP contribution in [0.1, 0.15) is 19.4 Å². The van der Waals surface area contributed by atoms with E-state index < -0.39 is 0 Å². The molecule has 2 rings (SSSR count). The summed E-state index contributed by atoms with van der Waals surface area (Å²) in [4.78, 5) is 0. The van der Waals surface area contributed by atoms with Crippen LogP contribution in [0.3, 0.4) is 0 Å². The van der Waals surface area contributed by atoms with Gasteiger partial charge in [-0.2, -0.15) is 6.54 Å². The molecule has 0 unspecified atom stereocenters. The van der Waals surface area contributed by atoms with Crippen molar-refractivity contribution < 1.29 is 51.4 Å². The van der Waals surface area contributed by atoms with Gasteiger partial charge in [0.25, 0.3) is 0 Å². The summed E-state index contributed by atoms with van der Waals surface area (Å²) >= 11 is 0. The predicted octanol–water partition coefficient (Wildman–Crippen LogP) is 0.515. The number of aryl methyl sites for hydroxylation is 1. The Hall–Kier alpha value is -0.304. The van der Waals surface area contributed by atoms with E-state index in [0.717, 1.165) is 43.1 Å². The van der Waals surface area contributed by atoms with Gasteiger partial charge in [0.05, 0.1) is 5.69 Å². The maximum absolute atomic E-state index is 4.38. The third-order valence-corrected chi connectivity index (χ3v) is 3.10. The van der Waals surface area contributed by atoms with Gasteiger partial charge < -0.3 is 10.6 Å². The van der Waals surface area contributed by atoms with Gasteiger partial charge in [0, 0.05) is 5.56 Å². The van der Waals surface area contributed by atoms with Gasteiger partial charge in [0.15, 0.2) is 0 Å². The minimum atomic E-state index is 0. The summed E-state index contributed by atoms with van der Waals surface area (Å²) in [5.74, 6) is 0.827. The standard InChI is InChI=1S/C16H21N4.K/c1-3-13-12-15(18-11-10-17-4-2)19-20-16(13)14-8-6-5-7-9-14;/h5-9,12H,3-4,10-11H2,1-2H3,(H,18,19);/q-1;+1. The first-order chi connectivity index (χ1) is 9.85. The van der Waals surface area contributed by atoms with E-state index in [-0.39, 0.29) is 51.4 Å². The quantitative estimate of drug-likeness (QED) is 0.599. The Morgan fingerprint density at radius 1 is 1.10 bits per heavy atom. The minimum absolute atomic E-state index is 0. The normalized spacial score (nSPS) is 10.0. The van der Waals surface area contributed by atoms with Gasteiger partial charge in [-0.1, -0.05) is 44.2 Å². The zero-order valence-electron chi connectivity index (χ0n) is 13.1. The minimum Gasteiger partial charge on any atom is -0.661 e. The van der Waals surface area contributed by atoms with E-state index in [4.69, 9.17) is 0 Å².